The SMILES string of the molecule is Cc1nc(CSCC(=O)NC2CC(O)C2)cs1. The second-order valence-corrected chi connectivity index (χ2v) is 6.29. The van der Waals surface area contributed by atoms with E-state index in [4.69, 9.17) is 5.11 Å². The zero-order valence-corrected chi connectivity index (χ0v) is 11.3. The maximum atomic E-state index is 11.5. The van der Waals surface area contributed by atoms with Crippen molar-refractivity contribution in [3.63, 3.8) is 0 Å². The first-order valence-electron chi connectivity index (χ1n) is 5.59. The van der Waals surface area contributed by atoms with E-state index in [0.717, 1.165) is 16.5 Å². The lowest BCUT2D eigenvalue weighted by Crippen LogP contribution is -2.47. The highest BCUT2D eigenvalue weighted by Gasteiger charge is 2.28. The Morgan fingerprint density at radius 3 is 3.06 bits per heavy atom. The molecular weight excluding hydrogens is 256 g/mol. The third-order valence-corrected chi connectivity index (χ3v) is 4.42. The fourth-order valence-electron chi connectivity index (χ4n) is 1.70. The zero-order valence-electron chi connectivity index (χ0n) is 9.68. The van der Waals surface area contributed by atoms with Crippen molar-refractivity contribution in [2.45, 2.75) is 37.7 Å². The number of thioether (sulfide) groups is 1. The van der Waals surface area contributed by atoms with E-state index < -0.39 is 0 Å². The smallest absolute Gasteiger partial charge is 0.230 e. The average Bonchev–Trinajstić information content (AvgIpc) is 2.62. The summed E-state index contributed by atoms with van der Waals surface area (Å²) in [5, 5.41) is 15.1. The van der Waals surface area contributed by atoms with Gasteiger partial charge in [-0.25, -0.2) is 4.98 Å². The maximum Gasteiger partial charge on any atom is 0.230 e. The number of carbonyl (C=O) groups is 1. The standard InChI is InChI=1S/C11H16N2O2S2/c1-7-12-9(5-17-7)4-16-6-11(15)13-8-2-10(14)3-8/h5,8,10,14H,2-4,6H2,1H3,(H,13,15). The second-order valence-electron chi connectivity index (χ2n) is 4.24. The molecule has 1 fully saturated rings. The van der Waals surface area contributed by atoms with Gasteiger partial charge in [0.2, 0.25) is 5.91 Å². The van der Waals surface area contributed by atoms with Crippen LogP contribution in [0, 0.1) is 6.92 Å². The van der Waals surface area contributed by atoms with Gasteiger partial charge in [-0.1, -0.05) is 0 Å². The number of aliphatic hydroxyl groups is 1. The minimum atomic E-state index is -0.217. The van der Waals surface area contributed by atoms with E-state index in [-0.39, 0.29) is 18.1 Å². The van der Waals surface area contributed by atoms with Crippen molar-refractivity contribution >= 4 is 29.0 Å². The molecule has 0 radical (unpaired) electrons. The summed E-state index contributed by atoms with van der Waals surface area (Å²) < 4.78 is 0. The summed E-state index contributed by atoms with van der Waals surface area (Å²) >= 11 is 3.21. The Bertz CT molecular complexity index is 389. The lowest BCUT2D eigenvalue weighted by molar-refractivity contribution is -0.120. The average molecular weight is 272 g/mol. The van der Waals surface area contributed by atoms with Gasteiger partial charge >= 0.3 is 0 Å². The number of thiazole rings is 1. The molecule has 1 aromatic heterocycles. The third kappa shape index (κ3) is 3.97. The summed E-state index contributed by atoms with van der Waals surface area (Å²) in [5.41, 5.74) is 1.05. The number of rotatable bonds is 5. The number of hydrogen-bond donors (Lipinski definition) is 2. The highest BCUT2D eigenvalue weighted by atomic mass is 32.2. The largest absolute Gasteiger partial charge is 0.393 e. The van der Waals surface area contributed by atoms with Crippen LogP contribution in [-0.4, -0.2) is 33.9 Å². The summed E-state index contributed by atoms with van der Waals surface area (Å²) in [6.45, 7) is 1.98. The van der Waals surface area contributed by atoms with Crippen LogP contribution in [0.15, 0.2) is 5.38 Å². The van der Waals surface area contributed by atoms with Crippen LogP contribution < -0.4 is 5.32 Å². The van der Waals surface area contributed by atoms with Gasteiger partial charge in [0.1, 0.15) is 0 Å². The van der Waals surface area contributed by atoms with Gasteiger partial charge in [0.05, 0.1) is 22.6 Å². The highest BCUT2D eigenvalue weighted by molar-refractivity contribution is 7.99. The van der Waals surface area contributed by atoms with E-state index in [1.807, 2.05) is 12.3 Å². The molecule has 1 aliphatic carbocycles. The fourth-order valence-corrected chi connectivity index (χ4v) is 3.14. The minimum absolute atomic E-state index is 0.0545. The molecule has 0 atom stereocenters. The van der Waals surface area contributed by atoms with Gasteiger partial charge in [-0.3, -0.25) is 4.79 Å². The van der Waals surface area contributed by atoms with Crippen LogP contribution in [0.3, 0.4) is 0 Å². The molecule has 1 amide bonds. The molecule has 0 spiro atoms. The Morgan fingerprint density at radius 1 is 1.71 bits per heavy atom. The first kappa shape index (κ1) is 12.9. The van der Waals surface area contributed by atoms with Gasteiger partial charge in [0.15, 0.2) is 0 Å². The Balaban J connectivity index is 1.60. The number of aliphatic hydroxyl groups excluding tert-OH is 1. The number of nitrogens with zero attached hydrogens (tertiary/aromatic N) is 1. The molecule has 1 heterocycles. The van der Waals surface area contributed by atoms with Gasteiger partial charge in [0.25, 0.3) is 0 Å². The van der Waals surface area contributed by atoms with Gasteiger partial charge in [0, 0.05) is 17.2 Å². The molecule has 1 saturated carbocycles. The van der Waals surface area contributed by atoms with E-state index >= 15 is 0 Å². The summed E-state index contributed by atoms with van der Waals surface area (Å²) in [5.74, 6) is 1.30. The van der Waals surface area contributed by atoms with Gasteiger partial charge in [-0.15, -0.1) is 23.1 Å². The van der Waals surface area contributed by atoms with Crippen molar-refractivity contribution in [2.24, 2.45) is 0 Å². The molecule has 0 bridgehead atoms. The zero-order chi connectivity index (χ0) is 12.3. The molecular formula is C11H16N2O2S2. The first-order valence-corrected chi connectivity index (χ1v) is 7.63. The number of carbonyl (C=O) groups excluding carboxylic acids is 1. The first-order chi connectivity index (χ1) is 8.13. The topological polar surface area (TPSA) is 62.2 Å². The van der Waals surface area contributed by atoms with Crippen LogP contribution in [0.2, 0.25) is 0 Å². The molecule has 17 heavy (non-hydrogen) atoms. The highest BCUT2D eigenvalue weighted by Crippen LogP contribution is 2.20. The van der Waals surface area contributed by atoms with Crippen molar-refractivity contribution in [3.05, 3.63) is 16.1 Å². The van der Waals surface area contributed by atoms with Gasteiger partial charge in [-0.05, 0) is 19.8 Å². The van der Waals surface area contributed by atoms with Crippen molar-refractivity contribution in [3.8, 4) is 0 Å². The lowest BCUT2D eigenvalue weighted by Gasteiger charge is -2.31. The van der Waals surface area contributed by atoms with E-state index in [2.05, 4.69) is 10.3 Å². The number of amides is 1. The van der Waals surface area contributed by atoms with Crippen LogP contribution in [0.25, 0.3) is 0 Å². The Morgan fingerprint density at radius 2 is 2.47 bits per heavy atom. The molecule has 0 aromatic carbocycles. The summed E-state index contributed by atoms with van der Waals surface area (Å²) in [4.78, 5) is 15.9. The normalized spacial score (nSPS) is 23.2. The van der Waals surface area contributed by atoms with E-state index in [1.165, 1.54) is 0 Å². The van der Waals surface area contributed by atoms with Crippen LogP contribution in [0.1, 0.15) is 23.5 Å². The van der Waals surface area contributed by atoms with E-state index in [9.17, 15) is 4.79 Å². The van der Waals surface area contributed by atoms with E-state index in [0.29, 0.717) is 18.6 Å². The lowest BCUT2D eigenvalue weighted by atomic mass is 9.89. The van der Waals surface area contributed by atoms with Crippen LogP contribution in [0.4, 0.5) is 0 Å². The Hall–Kier alpha value is -0.590. The quantitative estimate of drug-likeness (QED) is 0.849. The van der Waals surface area contributed by atoms with Crippen molar-refractivity contribution in [2.75, 3.05) is 5.75 Å². The predicted octanol–water partition coefficient (Wildman–Crippen LogP) is 1.32. The third-order valence-electron chi connectivity index (χ3n) is 2.63. The van der Waals surface area contributed by atoms with Crippen molar-refractivity contribution in [1.82, 2.24) is 10.3 Å². The Kier molecular flexibility index (Phi) is 4.42. The molecule has 1 aromatic rings. The van der Waals surface area contributed by atoms with Gasteiger partial charge < -0.3 is 10.4 Å². The van der Waals surface area contributed by atoms with Crippen LogP contribution in [-0.2, 0) is 10.5 Å². The molecule has 0 unspecified atom stereocenters. The molecule has 0 saturated heterocycles. The molecule has 4 nitrogen and oxygen atoms in total. The maximum absolute atomic E-state index is 11.5. The molecule has 0 aliphatic heterocycles. The number of aryl methyl sites for hydroxylation is 1. The molecule has 2 N–H and O–H groups in total. The van der Waals surface area contributed by atoms with Crippen LogP contribution >= 0.6 is 23.1 Å². The predicted molar refractivity (Wildman–Crippen MR) is 70.2 cm³/mol. The molecule has 6 heteroatoms. The number of hydrogen-bond acceptors (Lipinski definition) is 5. The molecule has 1 aliphatic rings. The summed E-state index contributed by atoms with van der Waals surface area (Å²) in [6.07, 6.45) is 1.18. The fraction of sp³-hybridized carbons (Fsp3) is 0.636. The monoisotopic (exact) mass is 272 g/mol. The number of aromatic nitrogens is 1. The molecule has 2 rings (SSSR count). The summed E-state index contributed by atoms with van der Waals surface area (Å²) in [6, 6.07) is 0.180. The molecule has 94 valence electrons. The van der Waals surface area contributed by atoms with E-state index in [1.54, 1.807) is 23.1 Å². The van der Waals surface area contributed by atoms with Gasteiger partial charge in [-0.2, -0.15) is 0 Å². The second kappa shape index (κ2) is 5.84. The van der Waals surface area contributed by atoms with Crippen LogP contribution in [0.5, 0.6) is 0 Å². The minimum Gasteiger partial charge on any atom is -0.393 e. The van der Waals surface area contributed by atoms with Crippen molar-refractivity contribution < 1.29 is 9.90 Å². The summed E-state index contributed by atoms with van der Waals surface area (Å²) in [7, 11) is 0. The van der Waals surface area contributed by atoms with Crippen molar-refractivity contribution in [1.29, 1.82) is 0 Å². The Labute approximate surface area is 109 Å². The number of nitrogens with one attached hydrogen (secondary N) is 1.